The van der Waals surface area contributed by atoms with Crippen LogP contribution in [0.1, 0.15) is 213 Å². The van der Waals surface area contributed by atoms with Crippen LogP contribution < -0.4 is 0 Å². The summed E-state index contributed by atoms with van der Waals surface area (Å²) in [7, 11) is 0. The van der Waals surface area contributed by atoms with Crippen LogP contribution in [0.15, 0.2) is 109 Å². The van der Waals surface area contributed by atoms with Crippen LogP contribution in [0.4, 0.5) is 0 Å². The van der Waals surface area contributed by atoms with Gasteiger partial charge in [0.15, 0.2) is 6.29 Å². The molecule has 0 N–H and O–H groups in total. The zero-order valence-corrected chi connectivity index (χ0v) is 37.1. The van der Waals surface area contributed by atoms with Crippen molar-refractivity contribution in [2.45, 2.75) is 109 Å². The van der Waals surface area contributed by atoms with Crippen LogP contribution in [-0.4, -0.2) is 12.6 Å². The van der Waals surface area contributed by atoms with Gasteiger partial charge in [0.25, 0.3) is 0 Å². The van der Waals surface area contributed by atoms with Crippen LogP contribution in [0.5, 0.6) is 0 Å². The summed E-state index contributed by atoms with van der Waals surface area (Å²) >= 11 is 0. The van der Waals surface area contributed by atoms with Gasteiger partial charge in [-0.05, 0) is 122 Å². The van der Waals surface area contributed by atoms with E-state index in [0.717, 1.165) is 49.4 Å². The lowest BCUT2D eigenvalue weighted by Gasteiger charge is -2.46. The summed E-state index contributed by atoms with van der Waals surface area (Å²) in [5.41, 5.74) is 20.4. The van der Waals surface area contributed by atoms with Gasteiger partial charge in [-0.1, -0.05) is 162 Å². The van der Waals surface area contributed by atoms with Crippen molar-refractivity contribution < 1.29 is 9.59 Å². The molecule has 0 spiro atoms. The molecule has 2 bridgehead atoms. The van der Waals surface area contributed by atoms with Crippen molar-refractivity contribution in [3.05, 3.63) is 209 Å². The molecule has 0 radical (unpaired) electrons. The van der Waals surface area contributed by atoms with Gasteiger partial charge < -0.3 is 0 Å². The molecule has 11 rings (SSSR count). The molecule has 62 heavy (non-hydrogen) atoms. The summed E-state index contributed by atoms with van der Waals surface area (Å²) in [4.78, 5) is 26.0. The molecule has 3 atom stereocenters. The van der Waals surface area contributed by atoms with Crippen LogP contribution >= 0.6 is 0 Å². The van der Waals surface area contributed by atoms with Gasteiger partial charge in [0.05, 0.1) is 0 Å². The summed E-state index contributed by atoms with van der Waals surface area (Å²) < 4.78 is 0. The molecule has 2 nitrogen and oxygen atoms in total. The molecule has 3 unspecified atom stereocenters. The number of hydrogen-bond donors (Lipinski definition) is 0. The molecule has 5 aliphatic carbocycles. The average molecular weight is 807 g/mol. The molecule has 6 aromatic rings. The third-order valence-electron chi connectivity index (χ3n) is 16.1. The van der Waals surface area contributed by atoms with Crippen LogP contribution in [-0.2, 0) is 5.41 Å². The minimum absolute atomic E-state index is 0.0190. The molecule has 6 aromatic carbocycles. The highest BCUT2D eigenvalue weighted by atomic mass is 16.1. The van der Waals surface area contributed by atoms with Gasteiger partial charge in [0.1, 0.15) is 6.29 Å². The summed E-state index contributed by atoms with van der Waals surface area (Å²) in [6, 6.07) is 39.9. The second-order valence-electron chi connectivity index (χ2n) is 18.8. The van der Waals surface area contributed by atoms with Crippen molar-refractivity contribution in [1.82, 2.24) is 0 Å². The van der Waals surface area contributed by atoms with E-state index in [1.165, 1.54) is 72.3 Å². The van der Waals surface area contributed by atoms with E-state index in [9.17, 15) is 9.59 Å². The number of carbonyl (C=O) groups is 2. The molecule has 0 aliphatic heterocycles. The Labute approximate surface area is 368 Å². The Balaban J connectivity index is 1.38. The van der Waals surface area contributed by atoms with Gasteiger partial charge in [-0.15, -0.1) is 0 Å². The molecule has 2 heteroatoms. The first kappa shape index (κ1) is 39.9. The second kappa shape index (κ2) is 15.0. The Kier molecular flexibility index (Phi) is 9.65. The quantitative estimate of drug-likeness (QED) is 0.119. The zero-order valence-electron chi connectivity index (χ0n) is 37.1. The first-order valence-electron chi connectivity index (χ1n) is 22.9. The fraction of sp³-hybridized carbons (Fsp3) is 0.300. The number of rotatable bonds is 7. The Morgan fingerprint density at radius 3 is 1.44 bits per heavy atom. The van der Waals surface area contributed by atoms with Crippen molar-refractivity contribution in [2.75, 3.05) is 0 Å². The van der Waals surface area contributed by atoms with Crippen LogP contribution in [0, 0.1) is 29.1 Å². The molecule has 0 saturated heterocycles. The van der Waals surface area contributed by atoms with Crippen molar-refractivity contribution in [2.24, 2.45) is 5.41 Å². The lowest BCUT2D eigenvalue weighted by Crippen LogP contribution is -2.33. The zero-order chi connectivity index (χ0) is 43.1. The van der Waals surface area contributed by atoms with E-state index in [1.807, 2.05) is 12.1 Å². The summed E-state index contributed by atoms with van der Waals surface area (Å²) in [6.07, 6.45) is 5.51. The summed E-state index contributed by atoms with van der Waals surface area (Å²) in [5.74, 6) is 15.7. The molecule has 306 valence electrons. The van der Waals surface area contributed by atoms with E-state index in [1.54, 1.807) is 0 Å². The Morgan fingerprint density at radius 1 is 0.500 bits per heavy atom. The Bertz CT molecular complexity index is 2930. The van der Waals surface area contributed by atoms with Gasteiger partial charge in [-0.3, -0.25) is 9.59 Å². The smallest absolute Gasteiger partial charge is 0.151 e. The van der Waals surface area contributed by atoms with Gasteiger partial charge in [0, 0.05) is 62.8 Å². The maximum atomic E-state index is 13.1. The minimum atomic E-state index is -0.239. The average Bonchev–Trinajstić information content (AvgIpc) is 3.41. The van der Waals surface area contributed by atoms with E-state index in [-0.39, 0.29) is 40.4 Å². The highest BCUT2D eigenvalue weighted by Gasteiger charge is 2.51. The van der Waals surface area contributed by atoms with Crippen molar-refractivity contribution in [1.29, 1.82) is 0 Å². The molecule has 5 aliphatic rings. The molecular formula is C60H54O2. The SMILES string of the molecule is CCC(C)(C#Cc1c2c(c(C#Cc3cc(C=O)c(C(C)(CC)CC)cc3C=O)c3c1C1c4ccccc4C3c3ccccc31)C1c3ccccc3C1c1ccccc1C2C)CC. The monoisotopic (exact) mass is 806 g/mol. The molecule has 0 saturated carbocycles. The molecule has 0 amide bonds. The maximum absolute atomic E-state index is 13.1. The number of carbonyl (C=O) groups excluding carboxylic acids is 2. The Hall–Kier alpha value is -6.22. The van der Waals surface area contributed by atoms with Crippen LogP contribution in [0.3, 0.4) is 0 Å². The van der Waals surface area contributed by atoms with E-state index in [4.69, 9.17) is 0 Å². The number of aldehydes is 2. The number of hydrogen-bond acceptors (Lipinski definition) is 2. The third-order valence-corrected chi connectivity index (χ3v) is 16.1. The Morgan fingerprint density at radius 2 is 0.952 bits per heavy atom. The van der Waals surface area contributed by atoms with Gasteiger partial charge >= 0.3 is 0 Å². The molecular weight excluding hydrogens is 753 g/mol. The van der Waals surface area contributed by atoms with Gasteiger partial charge in [0.2, 0.25) is 0 Å². The third kappa shape index (κ3) is 5.65. The van der Waals surface area contributed by atoms with E-state index in [2.05, 4.69) is 169 Å². The van der Waals surface area contributed by atoms with E-state index in [0.29, 0.717) is 16.7 Å². The first-order chi connectivity index (χ1) is 30.1. The lowest BCUT2D eigenvalue weighted by atomic mass is 9.56. The van der Waals surface area contributed by atoms with Gasteiger partial charge in [-0.2, -0.15) is 0 Å². The molecule has 0 fully saturated rings. The number of benzene rings is 6. The minimum Gasteiger partial charge on any atom is -0.298 e. The summed E-state index contributed by atoms with van der Waals surface area (Å²) in [6.45, 7) is 15.7. The lowest BCUT2D eigenvalue weighted by molar-refractivity contribution is 0.111. The number of fused-ring (bicyclic) bond motifs is 8. The molecule has 0 aromatic heterocycles. The highest BCUT2D eigenvalue weighted by Crippen LogP contribution is 2.64. The van der Waals surface area contributed by atoms with E-state index >= 15 is 0 Å². The predicted octanol–water partition coefficient (Wildman–Crippen LogP) is 13.7. The molecule has 0 heterocycles. The fourth-order valence-corrected chi connectivity index (χ4v) is 11.7. The van der Waals surface area contributed by atoms with E-state index < -0.39 is 0 Å². The highest BCUT2D eigenvalue weighted by molar-refractivity contribution is 5.87. The van der Waals surface area contributed by atoms with Crippen molar-refractivity contribution in [3.63, 3.8) is 0 Å². The van der Waals surface area contributed by atoms with Crippen LogP contribution in [0.2, 0.25) is 0 Å². The van der Waals surface area contributed by atoms with Crippen molar-refractivity contribution >= 4 is 12.6 Å². The topological polar surface area (TPSA) is 34.1 Å². The summed E-state index contributed by atoms with van der Waals surface area (Å²) in [5, 5.41) is 0. The predicted molar refractivity (Wildman–Crippen MR) is 252 cm³/mol. The normalized spacial score (nSPS) is 19.5. The first-order valence-corrected chi connectivity index (χ1v) is 22.9. The largest absolute Gasteiger partial charge is 0.298 e. The van der Waals surface area contributed by atoms with Crippen LogP contribution in [0.25, 0.3) is 0 Å². The maximum Gasteiger partial charge on any atom is 0.151 e. The van der Waals surface area contributed by atoms with Crippen molar-refractivity contribution in [3.8, 4) is 23.7 Å². The standard InChI is InChI=1S/C60H54O2/c1-8-59(6,9-2)31-30-49-51-36(5)40-20-12-13-21-41(40)52-46-26-18-19-27-47(46)55(52)56(51)48(29-28-37-32-39(35-62)50(33-38(37)34-61)60(7,10-3)11-4)57-53-42-22-14-16-24-44(42)54(58(49)57)45-25-17-15-23-43(45)53/h12-27,32-36,52-55H,8-11H2,1-7H3. The second-order valence-corrected chi connectivity index (χ2v) is 18.8. The fourth-order valence-electron chi connectivity index (χ4n) is 11.7. The van der Waals surface area contributed by atoms with Gasteiger partial charge in [-0.25, -0.2) is 0 Å².